The number of hydrogen-bond donors (Lipinski definition) is 2. The average Bonchev–Trinajstić information content (AvgIpc) is 2.31. The van der Waals surface area contributed by atoms with E-state index in [2.05, 4.69) is 21.9 Å². The number of nitrogens with two attached hydrogens (primary N) is 1. The smallest absolute Gasteiger partial charge is 0.239 e. The maximum atomic E-state index is 11.8. The predicted molar refractivity (Wildman–Crippen MR) is 80.9 cm³/mol. The summed E-state index contributed by atoms with van der Waals surface area (Å²) in [5.74, 6) is -0.417. The fourth-order valence-electron chi connectivity index (χ4n) is 1.61. The number of anilines is 1. The minimum absolute atomic E-state index is 0.0984. The Morgan fingerprint density at radius 2 is 2.16 bits per heavy atom. The van der Waals surface area contributed by atoms with Gasteiger partial charge in [-0.1, -0.05) is 23.8 Å². The van der Waals surface area contributed by atoms with Gasteiger partial charge in [-0.25, -0.2) is 8.42 Å². The molecule has 2 rings (SSSR count). The molecule has 0 atom stereocenters. The second-order valence-corrected chi connectivity index (χ2v) is 6.48. The van der Waals surface area contributed by atoms with Crippen LogP contribution in [0.2, 0.25) is 5.02 Å². The maximum absolute atomic E-state index is 11.8. The lowest BCUT2D eigenvalue weighted by atomic mass is 10.2. The molecule has 0 saturated heterocycles. The van der Waals surface area contributed by atoms with Gasteiger partial charge in [-0.2, -0.15) is 0 Å². The van der Waals surface area contributed by atoms with Crippen LogP contribution in [-0.2, 0) is 10.0 Å². The molecule has 1 aromatic carbocycles. The first kappa shape index (κ1) is 14.0. The van der Waals surface area contributed by atoms with Gasteiger partial charge in [-0.3, -0.25) is 9.71 Å². The molecule has 2 aromatic rings. The molecular weight excluding hydrogens is 306 g/mol. The van der Waals surface area contributed by atoms with Gasteiger partial charge in [0, 0.05) is 11.6 Å². The first-order valence-electron chi connectivity index (χ1n) is 5.21. The highest BCUT2D eigenvalue weighted by Gasteiger charge is 2.15. The second-order valence-electron chi connectivity index (χ2n) is 3.82. The molecule has 0 saturated carbocycles. The molecule has 0 unspecified atom stereocenters. The Bertz CT molecular complexity index is 747. The van der Waals surface area contributed by atoms with Crippen LogP contribution in [0.3, 0.4) is 0 Å². The SMILES string of the molecule is NC(=S)CS(=O)(=O)Nc1ccc(Cl)c2cccnc12. The van der Waals surface area contributed by atoms with Crippen molar-refractivity contribution in [3.63, 3.8) is 0 Å². The summed E-state index contributed by atoms with van der Waals surface area (Å²) in [4.78, 5) is 4.03. The average molecular weight is 316 g/mol. The number of nitrogens with one attached hydrogen (secondary N) is 1. The zero-order valence-corrected chi connectivity index (χ0v) is 12.0. The van der Waals surface area contributed by atoms with Crippen molar-refractivity contribution in [3.05, 3.63) is 35.5 Å². The summed E-state index contributed by atoms with van der Waals surface area (Å²) in [6.07, 6.45) is 1.56. The van der Waals surface area contributed by atoms with E-state index in [1.165, 1.54) is 0 Å². The lowest BCUT2D eigenvalue weighted by Gasteiger charge is -2.10. The fraction of sp³-hybridized carbons (Fsp3) is 0.0909. The van der Waals surface area contributed by atoms with Crippen molar-refractivity contribution < 1.29 is 8.42 Å². The van der Waals surface area contributed by atoms with Gasteiger partial charge in [0.2, 0.25) is 10.0 Å². The molecule has 0 amide bonds. The van der Waals surface area contributed by atoms with Crippen LogP contribution in [0, 0.1) is 0 Å². The second kappa shape index (κ2) is 5.28. The van der Waals surface area contributed by atoms with Crippen molar-refractivity contribution in [1.82, 2.24) is 4.98 Å². The van der Waals surface area contributed by atoms with Crippen molar-refractivity contribution in [2.75, 3.05) is 10.5 Å². The molecule has 0 bridgehead atoms. The maximum Gasteiger partial charge on any atom is 0.239 e. The number of hydrogen-bond acceptors (Lipinski definition) is 4. The molecular formula is C11H10ClN3O2S2. The third-order valence-electron chi connectivity index (χ3n) is 2.31. The van der Waals surface area contributed by atoms with Crippen LogP contribution in [0.1, 0.15) is 0 Å². The van der Waals surface area contributed by atoms with Gasteiger partial charge in [-0.05, 0) is 24.3 Å². The van der Waals surface area contributed by atoms with Gasteiger partial charge in [0.05, 0.1) is 21.2 Å². The van der Waals surface area contributed by atoms with Gasteiger partial charge >= 0.3 is 0 Å². The van der Waals surface area contributed by atoms with Gasteiger partial charge in [0.1, 0.15) is 5.75 Å². The largest absolute Gasteiger partial charge is 0.392 e. The van der Waals surface area contributed by atoms with Crippen LogP contribution < -0.4 is 10.5 Å². The molecule has 1 aromatic heterocycles. The zero-order chi connectivity index (χ0) is 14.0. The quantitative estimate of drug-likeness (QED) is 0.842. The third kappa shape index (κ3) is 3.31. The van der Waals surface area contributed by atoms with E-state index in [4.69, 9.17) is 17.3 Å². The minimum atomic E-state index is -3.64. The summed E-state index contributed by atoms with van der Waals surface area (Å²) in [6, 6.07) is 6.64. The van der Waals surface area contributed by atoms with Crippen molar-refractivity contribution in [2.45, 2.75) is 0 Å². The van der Waals surface area contributed by atoms with Gasteiger partial charge in [-0.15, -0.1) is 0 Å². The molecule has 3 N–H and O–H groups in total. The minimum Gasteiger partial charge on any atom is -0.392 e. The monoisotopic (exact) mass is 315 g/mol. The van der Waals surface area contributed by atoms with E-state index in [0.29, 0.717) is 21.6 Å². The Hall–Kier alpha value is -1.44. The number of sulfonamides is 1. The molecule has 5 nitrogen and oxygen atoms in total. The van der Waals surface area contributed by atoms with E-state index in [1.807, 2.05) is 0 Å². The summed E-state index contributed by atoms with van der Waals surface area (Å²) >= 11 is 10.6. The predicted octanol–water partition coefficient (Wildman–Crippen LogP) is 1.92. The van der Waals surface area contributed by atoms with E-state index < -0.39 is 15.8 Å². The number of fused-ring (bicyclic) bond motifs is 1. The molecule has 100 valence electrons. The zero-order valence-electron chi connectivity index (χ0n) is 9.63. The molecule has 0 radical (unpaired) electrons. The van der Waals surface area contributed by atoms with Gasteiger partial charge in [0.15, 0.2) is 0 Å². The van der Waals surface area contributed by atoms with E-state index in [1.54, 1.807) is 30.5 Å². The van der Waals surface area contributed by atoms with E-state index in [-0.39, 0.29) is 4.99 Å². The number of pyridine rings is 1. The Labute approximate surface area is 120 Å². The van der Waals surface area contributed by atoms with Crippen molar-refractivity contribution in [1.29, 1.82) is 0 Å². The Morgan fingerprint density at radius 3 is 2.84 bits per heavy atom. The molecule has 8 heteroatoms. The number of thiocarbonyl (C=S) groups is 1. The summed E-state index contributed by atoms with van der Waals surface area (Å²) in [6.45, 7) is 0. The van der Waals surface area contributed by atoms with Crippen LogP contribution in [-0.4, -0.2) is 24.1 Å². The van der Waals surface area contributed by atoms with Crippen LogP contribution in [0.5, 0.6) is 0 Å². The molecule has 0 aliphatic rings. The molecule has 1 heterocycles. The number of aromatic nitrogens is 1. The van der Waals surface area contributed by atoms with E-state index in [0.717, 1.165) is 0 Å². The fourth-order valence-corrected chi connectivity index (χ4v) is 3.24. The van der Waals surface area contributed by atoms with Gasteiger partial charge < -0.3 is 5.73 Å². The standard InChI is InChI=1S/C11H10ClN3O2S2/c12-8-3-4-9(11-7(8)2-1-5-14-11)15-19(16,17)6-10(13)18/h1-5,15H,6H2,(H2,13,18). The molecule has 0 aliphatic heterocycles. The first-order valence-corrected chi connectivity index (χ1v) is 7.65. The molecule has 0 aliphatic carbocycles. The van der Waals surface area contributed by atoms with Crippen molar-refractivity contribution in [2.24, 2.45) is 5.73 Å². The normalized spacial score (nSPS) is 11.4. The van der Waals surface area contributed by atoms with E-state index >= 15 is 0 Å². The third-order valence-corrected chi connectivity index (χ3v) is 4.19. The molecule has 19 heavy (non-hydrogen) atoms. The van der Waals surface area contributed by atoms with Crippen molar-refractivity contribution >= 4 is 55.4 Å². The summed E-state index contributed by atoms with van der Waals surface area (Å²) < 4.78 is 26.0. The Morgan fingerprint density at radius 1 is 1.42 bits per heavy atom. The topological polar surface area (TPSA) is 85.1 Å². The van der Waals surface area contributed by atoms with Crippen LogP contribution in [0.15, 0.2) is 30.5 Å². The Kier molecular flexibility index (Phi) is 3.88. The van der Waals surface area contributed by atoms with Crippen LogP contribution in [0.4, 0.5) is 5.69 Å². The highest BCUT2D eigenvalue weighted by Crippen LogP contribution is 2.28. The highest BCUT2D eigenvalue weighted by atomic mass is 35.5. The Balaban J connectivity index is 2.47. The van der Waals surface area contributed by atoms with Gasteiger partial charge in [0.25, 0.3) is 0 Å². The molecule has 0 spiro atoms. The summed E-state index contributed by atoms with van der Waals surface area (Å²) in [7, 11) is -3.64. The number of rotatable bonds is 4. The van der Waals surface area contributed by atoms with Crippen LogP contribution >= 0.6 is 23.8 Å². The first-order chi connectivity index (χ1) is 8.89. The van der Waals surface area contributed by atoms with Crippen LogP contribution in [0.25, 0.3) is 10.9 Å². The molecule has 0 fully saturated rings. The number of nitrogens with zero attached hydrogens (tertiary/aromatic N) is 1. The number of benzene rings is 1. The summed E-state index contributed by atoms with van der Waals surface area (Å²) in [5, 5.41) is 1.17. The lowest BCUT2D eigenvalue weighted by molar-refractivity contribution is 0.605. The van der Waals surface area contributed by atoms with Crippen molar-refractivity contribution in [3.8, 4) is 0 Å². The van der Waals surface area contributed by atoms with E-state index in [9.17, 15) is 8.42 Å². The number of halogens is 1. The highest BCUT2D eigenvalue weighted by molar-refractivity contribution is 7.95. The summed E-state index contributed by atoms with van der Waals surface area (Å²) in [5.41, 5.74) is 6.06. The lowest BCUT2D eigenvalue weighted by Crippen LogP contribution is -2.26.